The van der Waals surface area contributed by atoms with Crippen molar-refractivity contribution < 1.29 is 23.9 Å². The first-order valence-corrected chi connectivity index (χ1v) is 9.33. The number of rotatable bonds is 7. The fraction of sp³-hybridized carbons (Fsp3) is 0.684. The number of nitrogens with one attached hydrogen (secondary N) is 1. The lowest BCUT2D eigenvalue weighted by Gasteiger charge is -2.21. The molecule has 1 saturated carbocycles. The number of esters is 1. The number of imide groups is 1. The third-order valence-corrected chi connectivity index (χ3v) is 5.48. The van der Waals surface area contributed by atoms with E-state index in [1.807, 2.05) is 26.0 Å². The Balaban J connectivity index is 1.63. The highest BCUT2D eigenvalue weighted by molar-refractivity contribution is 6.08. The second kappa shape index (κ2) is 7.21. The molecule has 1 heterocycles. The molecular weight excluding hydrogens is 336 g/mol. The zero-order valence-corrected chi connectivity index (χ0v) is 15.4. The largest absolute Gasteiger partial charge is 0.464 e. The van der Waals surface area contributed by atoms with Crippen LogP contribution in [0, 0.1) is 29.6 Å². The summed E-state index contributed by atoms with van der Waals surface area (Å²) in [6, 6.07) is -0.771. The van der Waals surface area contributed by atoms with Gasteiger partial charge in [0.2, 0.25) is 17.7 Å². The van der Waals surface area contributed by atoms with Crippen molar-refractivity contribution in [3.63, 3.8) is 0 Å². The molecule has 3 amide bonds. The van der Waals surface area contributed by atoms with E-state index in [1.165, 1.54) is 0 Å². The quantitative estimate of drug-likeness (QED) is 0.412. The van der Waals surface area contributed by atoms with Crippen LogP contribution in [0.25, 0.3) is 0 Å². The standard InChI is InChI=1S/C19H26N2O5/c1-4-26-19(25)13(7-10(2)3)20-14(22)9-21-17(23)15-11-5-6-12(8-11)16(15)18(21)24/h5-6,10-13,15-16H,4,7-9H2,1-3H3,(H,20,22)/t11-,12+,13-,15+,16-/m0/s1. The third kappa shape index (κ3) is 3.27. The molecule has 2 bridgehead atoms. The molecule has 3 aliphatic rings. The summed E-state index contributed by atoms with van der Waals surface area (Å²) >= 11 is 0. The van der Waals surface area contributed by atoms with E-state index in [0.29, 0.717) is 6.42 Å². The van der Waals surface area contributed by atoms with Gasteiger partial charge in [-0.05, 0) is 37.5 Å². The smallest absolute Gasteiger partial charge is 0.328 e. The maximum atomic E-state index is 12.6. The van der Waals surface area contributed by atoms with E-state index < -0.39 is 17.9 Å². The topological polar surface area (TPSA) is 92.8 Å². The first-order valence-electron chi connectivity index (χ1n) is 9.33. The molecule has 1 saturated heterocycles. The lowest BCUT2D eigenvalue weighted by molar-refractivity contribution is -0.148. The molecule has 0 unspecified atom stereocenters. The van der Waals surface area contributed by atoms with E-state index in [0.717, 1.165) is 11.3 Å². The highest BCUT2D eigenvalue weighted by Crippen LogP contribution is 2.52. The van der Waals surface area contributed by atoms with Crippen molar-refractivity contribution in [3.8, 4) is 0 Å². The molecule has 1 aliphatic heterocycles. The monoisotopic (exact) mass is 362 g/mol. The van der Waals surface area contributed by atoms with Crippen LogP contribution in [0.2, 0.25) is 0 Å². The summed E-state index contributed by atoms with van der Waals surface area (Å²) in [7, 11) is 0. The molecule has 0 aromatic heterocycles. The molecule has 5 atom stereocenters. The third-order valence-electron chi connectivity index (χ3n) is 5.48. The molecule has 1 N–H and O–H groups in total. The molecule has 0 aromatic rings. The molecule has 142 valence electrons. The summed E-state index contributed by atoms with van der Waals surface area (Å²) in [5.41, 5.74) is 0. The lowest BCUT2D eigenvalue weighted by Crippen LogP contribution is -2.48. The number of hydrogen-bond donors (Lipinski definition) is 1. The number of nitrogens with zero attached hydrogens (tertiary/aromatic N) is 1. The Morgan fingerprint density at radius 3 is 2.27 bits per heavy atom. The number of carbonyl (C=O) groups excluding carboxylic acids is 4. The number of fused-ring (bicyclic) bond motifs is 5. The van der Waals surface area contributed by atoms with Gasteiger partial charge >= 0.3 is 5.97 Å². The van der Waals surface area contributed by atoms with Crippen molar-refractivity contribution in [2.75, 3.05) is 13.2 Å². The van der Waals surface area contributed by atoms with Crippen LogP contribution in [0.5, 0.6) is 0 Å². The van der Waals surface area contributed by atoms with Crippen LogP contribution in [0.3, 0.4) is 0 Å². The second-order valence-electron chi connectivity index (χ2n) is 7.76. The maximum absolute atomic E-state index is 12.6. The Morgan fingerprint density at radius 1 is 1.19 bits per heavy atom. The Hall–Kier alpha value is -2.18. The molecule has 3 rings (SSSR count). The van der Waals surface area contributed by atoms with Crippen molar-refractivity contribution in [1.82, 2.24) is 10.2 Å². The Morgan fingerprint density at radius 2 is 1.77 bits per heavy atom. The van der Waals surface area contributed by atoms with Crippen LogP contribution >= 0.6 is 0 Å². The predicted molar refractivity (Wildman–Crippen MR) is 92.5 cm³/mol. The van der Waals surface area contributed by atoms with E-state index in [4.69, 9.17) is 4.74 Å². The van der Waals surface area contributed by atoms with Crippen LogP contribution in [0.15, 0.2) is 12.2 Å². The van der Waals surface area contributed by atoms with Gasteiger partial charge < -0.3 is 10.1 Å². The van der Waals surface area contributed by atoms with E-state index in [2.05, 4.69) is 5.32 Å². The first-order chi connectivity index (χ1) is 12.3. The number of likely N-dealkylation sites (tertiary alicyclic amines) is 1. The number of ether oxygens (including phenoxy) is 1. The molecule has 7 nitrogen and oxygen atoms in total. The molecular formula is C19H26N2O5. The summed E-state index contributed by atoms with van der Waals surface area (Å²) in [5.74, 6) is -1.75. The SMILES string of the molecule is CCOC(=O)[C@H](CC(C)C)NC(=O)CN1C(=O)[C@@H]2[C@H](C1=O)[C@H]1C=C[C@@H]2C1. The second-order valence-corrected chi connectivity index (χ2v) is 7.76. The molecule has 0 radical (unpaired) electrons. The minimum absolute atomic E-state index is 0.114. The van der Waals surface area contributed by atoms with Gasteiger partial charge in [-0.2, -0.15) is 0 Å². The van der Waals surface area contributed by atoms with Gasteiger partial charge in [0.15, 0.2) is 0 Å². The maximum Gasteiger partial charge on any atom is 0.328 e. The Labute approximate surface area is 153 Å². The van der Waals surface area contributed by atoms with E-state index in [1.54, 1.807) is 6.92 Å². The Kier molecular flexibility index (Phi) is 5.16. The zero-order valence-electron chi connectivity index (χ0n) is 15.4. The van der Waals surface area contributed by atoms with Crippen LogP contribution in [0.4, 0.5) is 0 Å². The molecule has 7 heteroatoms. The summed E-state index contributed by atoms with van der Waals surface area (Å²) in [4.78, 5) is 50.8. The highest BCUT2D eigenvalue weighted by Gasteiger charge is 2.59. The van der Waals surface area contributed by atoms with Gasteiger partial charge in [-0.25, -0.2) is 4.79 Å². The zero-order chi connectivity index (χ0) is 19.0. The fourth-order valence-corrected chi connectivity index (χ4v) is 4.43. The van der Waals surface area contributed by atoms with Crippen LogP contribution < -0.4 is 5.32 Å². The van der Waals surface area contributed by atoms with E-state index >= 15 is 0 Å². The first kappa shape index (κ1) is 18.6. The molecule has 0 aromatic carbocycles. The van der Waals surface area contributed by atoms with Gasteiger partial charge in [-0.1, -0.05) is 26.0 Å². The van der Waals surface area contributed by atoms with E-state index in [-0.39, 0.29) is 54.6 Å². The van der Waals surface area contributed by atoms with Crippen molar-refractivity contribution in [3.05, 3.63) is 12.2 Å². The minimum Gasteiger partial charge on any atom is -0.464 e. The van der Waals surface area contributed by atoms with Crippen LogP contribution in [0.1, 0.15) is 33.6 Å². The number of hydrogen-bond acceptors (Lipinski definition) is 5. The highest BCUT2D eigenvalue weighted by atomic mass is 16.5. The summed E-state index contributed by atoms with van der Waals surface area (Å²) in [6.45, 7) is 5.48. The molecule has 26 heavy (non-hydrogen) atoms. The van der Waals surface area contributed by atoms with Gasteiger partial charge in [-0.15, -0.1) is 0 Å². The fourth-order valence-electron chi connectivity index (χ4n) is 4.43. The average molecular weight is 362 g/mol. The van der Waals surface area contributed by atoms with Crippen LogP contribution in [-0.4, -0.2) is 47.8 Å². The van der Waals surface area contributed by atoms with E-state index in [9.17, 15) is 19.2 Å². The predicted octanol–water partition coefficient (Wildman–Crippen LogP) is 0.887. The number of allylic oxidation sites excluding steroid dienone is 2. The Bertz CT molecular complexity index is 626. The van der Waals surface area contributed by atoms with Gasteiger partial charge in [-0.3, -0.25) is 19.3 Å². The molecule has 2 aliphatic carbocycles. The van der Waals surface area contributed by atoms with Crippen molar-refractivity contribution >= 4 is 23.7 Å². The minimum atomic E-state index is -0.771. The van der Waals surface area contributed by atoms with Crippen molar-refractivity contribution in [2.24, 2.45) is 29.6 Å². The number of carbonyl (C=O) groups is 4. The summed E-state index contributed by atoms with van der Waals surface area (Å²) < 4.78 is 5.01. The molecule has 0 spiro atoms. The van der Waals surface area contributed by atoms with Gasteiger partial charge in [0, 0.05) is 0 Å². The van der Waals surface area contributed by atoms with Gasteiger partial charge in [0.05, 0.1) is 18.4 Å². The number of amides is 3. The van der Waals surface area contributed by atoms with Crippen molar-refractivity contribution in [1.29, 1.82) is 0 Å². The van der Waals surface area contributed by atoms with Gasteiger partial charge in [0.1, 0.15) is 12.6 Å². The summed E-state index contributed by atoms with van der Waals surface area (Å²) in [6.07, 6.45) is 5.32. The molecule has 2 fully saturated rings. The lowest BCUT2D eigenvalue weighted by atomic mass is 9.85. The van der Waals surface area contributed by atoms with Crippen LogP contribution in [-0.2, 0) is 23.9 Å². The normalized spacial score (nSPS) is 30.1. The summed E-state index contributed by atoms with van der Waals surface area (Å²) in [5, 5.41) is 2.63. The van der Waals surface area contributed by atoms with Gasteiger partial charge in [0.25, 0.3) is 0 Å². The average Bonchev–Trinajstić information content (AvgIpc) is 3.24. The van der Waals surface area contributed by atoms with Crippen molar-refractivity contribution in [2.45, 2.75) is 39.7 Å².